The van der Waals surface area contributed by atoms with E-state index in [1.807, 2.05) is 24.1 Å². The van der Waals surface area contributed by atoms with E-state index in [0.29, 0.717) is 0 Å². The number of rotatable bonds is 2. The maximum Gasteiger partial charge on any atom is 0.0539 e. The van der Waals surface area contributed by atoms with Gasteiger partial charge < -0.3 is 4.57 Å². The van der Waals surface area contributed by atoms with Crippen molar-refractivity contribution in [2.75, 3.05) is 0 Å². The van der Waals surface area contributed by atoms with Crippen LogP contribution in [0.2, 0.25) is 0 Å². The van der Waals surface area contributed by atoms with Crippen molar-refractivity contribution in [1.29, 1.82) is 0 Å². The molecular weight excluding hydrogens is 174 g/mol. The van der Waals surface area contributed by atoms with Gasteiger partial charge in [-0.2, -0.15) is 5.10 Å². The molecular formula is C11H15N3. The summed E-state index contributed by atoms with van der Waals surface area (Å²) >= 11 is 0. The Balaban J connectivity index is 2.18. The molecule has 3 nitrogen and oxygen atoms in total. The van der Waals surface area contributed by atoms with Gasteiger partial charge in [0.2, 0.25) is 0 Å². The molecule has 0 bridgehead atoms. The Morgan fingerprint density at radius 1 is 1.14 bits per heavy atom. The van der Waals surface area contributed by atoms with E-state index in [9.17, 15) is 0 Å². The topological polar surface area (TPSA) is 22.8 Å². The minimum atomic E-state index is 0.905. The summed E-state index contributed by atoms with van der Waals surface area (Å²) < 4.78 is 4.03. The van der Waals surface area contributed by atoms with Gasteiger partial charge in [0.05, 0.1) is 12.7 Å². The maximum absolute atomic E-state index is 4.15. The molecule has 0 aliphatic carbocycles. The number of nitrogens with zero attached hydrogens (tertiary/aromatic N) is 3. The van der Waals surface area contributed by atoms with Gasteiger partial charge in [0, 0.05) is 31.2 Å². The van der Waals surface area contributed by atoms with Gasteiger partial charge in [0.15, 0.2) is 0 Å². The molecule has 0 radical (unpaired) electrons. The quantitative estimate of drug-likeness (QED) is 0.707. The molecule has 0 aromatic carbocycles. The van der Waals surface area contributed by atoms with E-state index in [1.54, 1.807) is 0 Å². The standard InChI is InChI=1S/C11H15N3/c1-9-5-14(6-10(9)2)8-11-4-12-13(3)7-11/h4-7H,8H2,1-3H3. The van der Waals surface area contributed by atoms with Crippen molar-refractivity contribution in [3.05, 3.63) is 41.5 Å². The smallest absolute Gasteiger partial charge is 0.0539 e. The van der Waals surface area contributed by atoms with Crippen LogP contribution in [0.5, 0.6) is 0 Å². The lowest BCUT2D eigenvalue weighted by Crippen LogP contribution is -1.94. The van der Waals surface area contributed by atoms with Crippen LogP contribution in [-0.2, 0) is 13.6 Å². The lowest BCUT2D eigenvalue weighted by atomic mass is 10.2. The Kier molecular flexibility index (Phi) is 2.15. The zero-order valence-corrected chi connectivity index (χ0v) is 8.86. The first kappa shape index (κ1) is 9.06. The van der Waals surface area contributed by atoms with E-state index in [1.165, 1.54) is 16.7 Å². The highest BCUT2D eigenvalue weighted by Gasteiger charge is 2.00. The molecule has 2 heterocycles. The summed E-state index contributed by atoms with van der Waals surface area (Å²) in [6.07, 6.45) is 8.29. The van der Waals surface area contributed by atoms with Crippen molar-refractivity contribution < 1.29 is 0 Å². The molecule has 14 heavy (non-hydrogen) atoms. The summed E-state index contributed by atoms with van der Waals surface area (Å²) in [7, 11) is 1.94. The van der Waals surface area contributed by atoms with Crippen LogP contribution in [0.1, 0.15) is 16.7 Å². The molecule has 2 aromatic rings. The summed E-state index contributed by atoms with van der Waals surface area (Å²) in [4.78, 5) is 0. The van der Waals surface area contributed by atoms with Crippen LogP contribution in [-0.4, -0.2) is 14.3 Å². The first-order valence-electron chi connectivity index (χ1n) is 4.75. The zero-order valence-electron chi connectivity index (χ0n) is 8.86. The second-order valence-corrected chi connectivity index (χ2v) is 3.82. The Bertz CT molecular complexity index is 418. The first-order valence-corrected chi connectivity index (χ1v) is 4.75. The fraction of sp³-hybridized carbons (Fsp3) is 0.364. The monoisotopic (exact) mass is 189 g/mol. The molecule has 3 heteroatoms. The van der Waals surface area contributed by atoms with Gasteiger partial charge in [0.1, 0.15) is 0 Å². The van der Waals surface area contributed by atoms with Crippen LogP contribution < -0.4 is 0 Å². The van der Waals surface area contributed by atoms with Crippen LogP contribution in [0.15, 0.2) is 24.8 Å². The average Bonchev–Trinajstić information content (AvgIpc) is 2.62. The number of aryl methyl sites for hydroxylation is 3. The Hall–Kier alpha value is -1.51. The number of hydrogen-bond acceptors (Lipinski definition) is 1. The predicted octanol–water partition coefficient (Wildman–Crippen LogP) is 1.89. The van der Waals surface area contributed by atoms with Gasteiger partial charge in [-0.15, -0.1) is 0 Å². The Morgan fingerprint density at radius 2 is 1.79 bits per heavy atom. The molecule has 0 N–H and O–H groups in total. The SMILES string of the molecule is Cc1cn(Cc2cnn(C)c2)cc1C. The van der Waals surface area contributed by atoms with Crippen molar-refractivity contribution in [3.63, 3.8) is 0 Å². The molecule has 0 saturated heterocycles. The Morgan fingerprint density at radius 3 is 2.29 bits per heavy atom. The van der Waals surface area contributed by atoms with E-state index in [4.69, 9.17) is 0 Å². The van der Waals surface area contributed by atoms with Gasteiger partial charge in [-0.05, 0) is 25.0 Å². The second kappa shape index (κ2) is 3.33. The van der Waals surface area contributed by atoms with Gasteiger partial charge in [-0.25, -0.2) is 0 Å². The number of hydrogen-bond donors (Lipinski definition) is 0. The summed E-state index contributed by atoms with van der Waals surface area (Å²) in [6, 6.07) is 0. The van der Waals surface area contributed by atoms with E-state index < -0.39 is 0 Å². The largest absolute Gasteiger partial charge is 0.349 e. The van der Waals surface area contributed by atoms with Crippen LogP contribution in [0.25, 0.3) is 0 Å². The highest BCUT2D eigenvalue weighted by molar-refractivity contribution is 5.21. The summed E-state index contributed by atoms with van der Waals surface area (Å²) in [6.45, 7) is 5.17. The molecule has 0 aliphatic heterocycles. The molecule has 74 valence electrons. The highest BCUT2D eigenvalue weighted by Crippen LogP contribution is 2.09. The lowest BCUT2D eigenvalue weighted by molar-refractivity contribution is 0.762. The van der Waals surface area contributed by atoms with Gasteiger partial charge in [0.25, 0.3) is 0 Å². The van der Waals surface area contributed by atoms with Gasteiger partial charge in [-0.3, -0.25) is 4.68 Å². The zero-order chi connectivity index (χ0) is 10.1. The average molecular weight is 189 g/mol. The molecule has 0 unspecified atom stereocenters. The highest BCUT2D eigenvalue weighted by atomic mass is 15.2. The second-order valence-electron chi connectivity index (χ2n) is 3.82. The molecule has 0 amide bonds. The molecule has 0 fully saturated rings. The van der Waals surface area contributed by atoms with E-state index in [2.05, 4.69) is 35.9 Å². The van der Waals surface area contributed by atoms with Crippen LogP contribution in [0.3, 0.4) is 0 Å². The predicted molar refractivity (Wildman–Crippen MR) is 56.2 cm³/mol. The molecule has 0 aliphatic rings. The van der Waals surface area contributed by atoms with Crippen LogP contribution >= 0.6 is 0 Å². The van der Waals surface area contributed by atoms with Crippen molar-refractivity contribution in [2.24, 2.45) is 7.05 Å². The summed E-state index contributed by atoms with van der Waals surface area (Å²) in [5.74, 6) is 0. The van der Waals surface area contributed by atoms with Crippen molar-refractivity contribution >= 4 is 0 Å². The third kappa shape index (κ3) is 1.71. The fourth-order valence-electron chi connectivity index (χ4n) is 1.59. The van der Waals surface area contributed by atoms with Crippen molar-refractivity contribution in [1.82, 2.24) is 14.3 Å². The molecule has 0 atom stereocenters. The molecule has 0 saturated carbocycles. The maximum atomic E-state index is 4.15. The first-order chi connectivity index (χ1) is 6.65. The van der Waals surface area contributed by atoms with Crippen LogP contribution in [0, 0.1) is 13.8 Å². The Labute approximate surface area is 84.0 Å². The summed E-state index contributed by atoms with van der Waals surface area (Å²) in [5.41, 5.74) is 3.92. The summed E-state index contributed by atoms with van der Waals surface area (Å²) in [5, 5.41) is 4.15. The van der Waals surface area contributed by atoms with Crippen molar-refractivity contribution in [2.45, 2.75) is 20.4 Å². The molecule has 2 aromatic heterocycles. The van der Waals surface area contributed by atoms with E-state index in [0.717, 1.165) is 6.54 Å². The van der Waals surface area contributed by atoms with Crippen LogP contribution in [0.4, 0.5) is 0 Å². The lowest BCUT2D eigenvalue weighted by Gasteiger charge is -1.98. The third-order valence-corrected chi connectivity index (χ3v) is 2.46. The van der Waals surface area contributed by atoms with Gasteiger partial charge in [-0.1, -0.05) is 0 Å². The fourth-order valence-corrected chi connectivity index (χ4v) is 1.59. The minimum Gasteiger partial charge on any atom is -0.349 e. The molecule has 2 rings (SSSR count). The number of aromatic nitrogens is 3. The minimum absolute atomic E-state index is 0.905. The van der Waals surface area contributed by atoms with Crippen molar-refractivity contribution in [3.8, 4) is 0 Å². The van der Waals surface area contributed by atoms with E-state index in [-0.39, 0.29) is 0 Å². The third-order valence-electron chi connectivity index (χ3n) is 2.46. The molecule has 0 spiro atoms. The van der Waals surface area contributed by atoms with E-state index >= 15 is 0 Å². The normalized spacial score (nSPS) is 10.8. The van der Waals surface area contributed by atoms with Gasteiger partial charge >= 0.3 is 0 Å².